The molecule has 0 spiro atoms. The van der Waals surface area contributed by atoms with Gasteiger partial charge in [0.25, 0.3) is 0 Å². The maximum atomic E-state index is 11.2. The summed E-state index contributed by atoms with van der Waals surface area (Å²) in [7, 11) is 0. The number of nitrogens with one attached hydrogen (secondary N) is 1. The van der Waals surface area contributed by atoms with Crippen molar-refractivity contribution < 1.29 is 9.53 Å². The summed E-state index contributed by atoms with van der Waals surface area (Å²) in [6, 6.07) is 1.88. The second-order valence-corrected chi connectivity index (χ2v) is 7.23. The van der Waals surface area contributed by atoms with Crippen LogP contribution in [0, 0.1) is 9.41 Å². The van der Waals surface area contributed by atoms with Gasteiger partial charge in [0.2, 0.25) is 0 Å². The van der Waals surface area contributed by atoms with E-state index in [9.17, 15) is 4.79 Å². The minimum Gasteiger partial charge on any atom is -0.462 e. The Hall–Kier alpha value is -1.27. The normalized spacial score (nSPS) is 10.6. The number of carbonyl (C=O) groups excluding carboxylic acids is 1. The van der Waals surface area contributed by atoms with Gasteiger partial charge in [-0.25, -0.2) is 4.79 Å². The zero-order valence-corrected chi connectivity index (χ0v) is 16.9. The lowest BCUT2D eigenvalue weighted by Gasteiger charge is -2.06. The first-order chi connectivity index (χ1) is 12.0. The maximum absolute atomic E-state index is 11.2. The molecule has 0 radical (unpaired) electrons. The van der Waals surface area contributed by atoms with E-state index >= 15 is 0 Å². The molecule has 0 bridgehead atoms. The van der Waals surface area contributed by atoms with Gasteiger partial charge in [-0.3, -0.25) is 0 Å². The maximum Gasteiger partial charge on any atom is 0.333 e. The van der Waals surface area contributed by atoms with Crippen molar-refractivity contribution in [2.45, 2.75) is 71.3 Å². The van der Waals surface area contributed by atoms with Crippen molar-refractivity contribution in [3.05, 3.63) is 33.8 Å². The number of aryl methyl sites for hydroxylation is 1. The minimum atomic E-state index is -0.278. The molecule has 1 rings (SSSR count). The van der Waals surface area contributed by atoms with Crippen LogP contribution < -0.4 is 0 Å². The average molecular weight is 383 g/mol. The first-order valence-electron chi connectivity index (χ1n) is 9.13. The molecule has 1 aromatic rings. The predicted molar refractivity (Wildman–Crippen MR) is 108 cm³/mol. The first kappa shape index (κ1) is 21.8. The number of esters is 1. The molecule has 0 atom stereocenters. The SMILES string of the molecule is C=C(C)C(=O)OCCCCCCCCCCCn1ccc(=S)[nH]c1=S. The number of aromatic nitrogens is 2. The highest BCUT2D eigenvalue weighted by atomic mass is 32.1. The molecule has 0 aliphatic rings. The lowest BCUT2D eigenvalue weighted by atomic mass is 10.1. The highest BCUT2D eigenvalue weighted by Gasteiger charge is 2.01. The average Bonchev–Trinajstić information content (AvgIpc) is 2.57. The molecule has 0 saturated carbocycles. The number of rotatable bonds is 13. The fraction of sp³-hybridized carbons (Fsp3) is 0.632. The highest BCUT2D eigenvalue weighted by molar-refractivity contribution is 7.72. The third kappa shape index (κ3) is 10.3. The molecule has 0 aliphatic carbocycles. The smallest absolute Gasteiger partial charge is 0.333 e. The summed E-state index contributed by atoms with van der Waals surface area (Å²) >= 11 is 10.3. The van der Waals surface area contributed by atoms with E-state index in [1.807, 2.05) is 16.8 Å². The van der Waals surface area contributed by atoms with Crippen molar-refractivity contribution in [1.82, 2.24) is 9.55 Å². The Bertz CT molecular complexity index is 649. The molecule has 1 N–H and O–H groups in total. The van der Waals surface area contributed by atoms with Crippen LogP contribution >= 0.6 is 24.4 Å². The van der Waals surface area contributed by atoms with Crippen molar-refractivity contribution in [3.8, 4) is 0 Å². The largest absolute Gasteiger partial charge is 0.462 e. The Kier molecular flexibility index (Phi) is 11.3. The number of ether oxygens (including phenoxy) is 1. The monoisotopic (exact) mass is 382 g/mol. The van der Waals surface area contributed by atoms with E-state index in [1.165, 1.54) is 38.5 Å². The number of carbonyl (C=O) groups is 1. The van der Waals surface area contributed by atoms with E-state index in [2.05, 4.69) is 11.6 Å². The van der Waals surface area contributed by atoms with Crippen LogP contribution in [0.2, 0.25) is 0 Å². The molecule has 0 unspecified atom stereocenters. The van der Waals surface area contributed by atoms with Crippen LogP contribution in [0.1, 0.15) is 64.7 Å². The molecule has 140 valence electrons. The van der Waals surface area contributed by atoms with Crippen LogP contribution in [0.5, 0.6) is 0 Å². The van der Waals surface area contributed by atoms with Gasteiger partial charge in [0.1, 0.15) is 4.64 Å². The van der Waals surface area contributed by atoms with Gasteiger partial charge < -0.3 is 14.3 Å². The van der Waals surface area contributed by atoms with Gasteiger partial charge in [-0.2, -0.15) is 0 Å². The molecule has 25 heavy (non-hydrogen) atoms. The molecule has 6 heteroatoms. The van der Waals surface area contributed by atoms with Crippen LogP contribution in [0.4, 0.5) is 0 Å². The summed E-state index contributed by atoms with van der Waals surface area (Å²) in [6.45, 7) is 6.70. The van der Waals surface area contributed by atoms with Crippen LogP contribution in [0.15, 0.2) is 24.4 Å². The van der Waals surface area contributed by atoms with E-state index in [4.69, 9.17) is 29.2 Å². The quantitative estimate of drug-likeness (QED) is 0.199. The van der Waals surface area contributed by atoms with Crippen LogP contribution in [0.3, 0.4) is 0 Å². The van der Waals surface area contributed by atoms with E-state index < -0.39 is 0 Å². The van der Waals surface area contributed by atoms with Crippen molar-refractivity contribution in [2.24, 2.45) is 0 Å². The van der Waals surface area contributed by atoms with Crippen molar-refractivity contribution in [1.29, 1.82) is 0 Å². The van der Waals surface area contributed by atoms with Crippen molar-refractivity contribution in [3.63, 3.8) is 0 Å². The molecular weight excluding hydrogens is 352 g/mol. The molecule has 0 aromatic carbocycles. The Labute approximate surface area is 161 Å². The highest BCUT2D eigenvalue weighted by Crippen LogP contribution is 2.10. The van der Waals surface area contributed by atoms with E-state index in [-0.39, 0.29) is 5.97 Å². The molecule has 4 nitrogen and oxygen atoms in total. The standard InChI is InChI=1S/C19H30N2O2S2/c1-16(2)18(22)23-15-11-9-7-5-3-4-6-8-10-13-21-14-12-17(24)20-19(21)25/h12,14H,1,3-11,13,15H2,2H3,(H,20,24,25). The second kappa shape index (κ2) is 13.0. The fourth-order valence-corrected chi connectivity index (χ4v) is 3.01. The summed E-state index contributed by atoms with van der Waals surface area (Å²) in [5.41, 5.74) is 0.470. The Morgan fingerprint density at radius 2 is 1.64 bits per heavy atom. The van der Waals surface area contributed by atoms with Gasteiger partial charge >= 0.3 is 5.97 Å². The van der Waals surface area contributed by atoms with Crippen LogP contribution in [-0.2, 0) is 16.1 Å². The van der Waals surface area contributed by atoms with Gasteiger partial charge in [0.15, 0.2) is 4.77 Å². The molecular formula is C19H30N2O2S2. The molecule has 1 aromatic heterocycles. The zero-order chi connectivity index (χ0) is 18.5. The van der Waals surface area contributed by atoms with Crippen LogP contribution in [-0.4, -0.2) is 22.1 Å². The minimum absolute atomic E-state index is 0.278. The van der Waals surface area contributed by atoms with Gasteiger partial charge in [0, 0.05) is 18.3 Å². The number of aromatic amines is 1. The number of nitrogens with zero attached hydrogens (tertiary/aromatic N) is 1. The summed E-state index contributed by atoms with van der Waals surface area (Å²) in [6.07, 6.45) is 12.7. The van der Waals surface area contributed by atoms with Crippen molar-refractivity contribution >= 4 is 30.4 Å². The number of H-pyrrole nitrogens is 1. The number of hydrogen-bond acceptors (Lipinski definition) is 4. The third-order valence-corrected chi connectivity index (χ3v) is 4.60. The second-order valence-electron chi connectivity index (χ2n) is 6.40. The van der Waals surface area contributed by atoms with E-state index in [0.29, 0.717) is 21.6 Å². The van der Waals surface area contributed by atoms with Gasteiger partial charge in [-0.05, 0) is 38.0 Å². The lowest BCUT2D eigenvalue weighted by molar-refractivity contribution is -0.139. The third-order valence-electron chi connectivity index (χ3n) is 4.02. The molecule has 0 amide bonds. The summed E-state index contributed by atoms with van der Waals surface area (Å²) < 4.78 is 8.52. The molecule has 1 heterocycles. The summed E-state index contributed by atoms with van der Waals surface area (Å²) in [5.74, 6) is -0.278. The number of unbranched alkanes of at least 4 members (excludes halogenated alkanes) is 8. The first-order valence-corrected chi connectivity index (χ1v) is 9.95. The fourth-order valence-electron chi connectivity index (χ4n) is 2.53. The zero-order valence-electron chi connectivity index (χ0n) is 15.2. The van der Waals surface area contributed by atoms with Gasteiger partial charge in [-0.1, -0.05) is 63.7 Å². The van der Waals surface area contributed by atoms with Crippen molar-refractivity contribution in [2.75, 3.05) is 6.61 Å². The van der Waals surface area contributed by atoms with E-state index in [1.54, 1.807) is 6.92 Å². The molecule has 0 fully saturated rings. The molecule has 0 saturated heterocycles. The summed E-state index contributed by atoms with van der Waals surface area (Å²) in [4.78, 5) is 14.2. The predicted octanol–water partition coefficient (Wildman–Crippen LogP) is 5.91. The Morgan fingerprint density at radius 1 is 1.08 bits per heavy atom. The van der Waals surface area contributed by atoms with Gasteiger partial charge in [-0.15, -0.1) is 0 Å². The Balaban J connectivity index is 1.90. The van der Waals surface area contributed by atoms with Crippen LogP contribution in [0.25, 0.3) is 0 Å². The summed E-state index contributed by atoms with van der Waals surface area (Å²) in [5, 5.41) is 0. The van der Waals surface area contributed by atoms with E-state index in [0.717, 1.165) is 25.8 Å². The lowest BCUT2D eigenvalue weighted by Crippen LogP contribution is -2.05. The molecule has 0 aliphatic heterocycles. The number of hydrogen-bond donors (Lipinski definition) is 1. The van der Waals surface area contributed by atoms with Gasteiger partial charge in [0.05, 0.1) is 6.61 Å². The topological polar surface area (TPSA) is 47.0 Å². The Morgan fingerprint density at radius 3 is 2.20 bits per heavy atom.